The summed E-state index contributed by atoms with van der Waals surface area (Å²) in [7, 11) is 0. The lowest BCUT2D eigenvalue weighted by molar-refractivity contribution is 0.0843. The highest BCUT2D eigenvalue weighted by Crippen LogP contribution is 2.28. The van der Waals surface area contributed by atoms with Crippen LogP contribution in [0.15, 0.2) is 42.7 Å². The molecule has 5 rings (SSSR count). The van der Waals surface area contributed by atoms with Crippen molar-refractivity contribution in [2.45, 2.75) is 18.8 Å². The van der Waals surface area contributed by atoms with Crippen molar-refractivity contribution in [3.05, 3.63) is 48.4 Å². The van der Waals surface area contributed by atoms with Gasteiger partial charge in [-0.2, -0.15) is 10.2 Å². The molecular weight excluding hydrogens is 302 g/mol. The summed E-state index contributed by atoms with van der Waals surface area (Å²) in [5, 5.41) is 13.0. The highest BCUT2D eigenvalue weighted by Gasteiger charge is 2.18. The molecule has 6 heteroatoms. The highest BCUT2D eigenvalue weighted by molar-refractivity contribution is 5.83. The van der Waals surface area contributed by atoms with E-state index in [1.807, 2.05) is 23.0 Å². The molecule has 0 saturated carbocycles. The SMILES string of the molecule is c1cc2[nH]ncc2cc1-c1cnc2ccc(C3CCOCC3)nn12. The second-order valence-electron chi connectivity index (χ2n) is 6.23. The summed E-state index contributed by atoms with van der Waals surface area (Å²) in [4.78, 5) is 4.50. The van der Waals surface area contributed by atoms with Gasteiger partial charge in [0.25, 0.3) is 0 Å². The maximum absolute atomic E-state index is 5.46. The van der Waals surface area contributed by atoms with Gasteiger partial charge < -0.3 is 4.74 Å². The summed E-state index contributed by atoms with van der Waals surface area (Å²) in [6.07, 6.45) is 5.79. The van der Waals surface area contributed by atoms with Gasteiger partial charge >= 0.3 is 0 Å². The number of hydrogen-bond donors (Lipinski definition) is 1. The van der Waals surface area contributed by atoms with Crippen LogP contribution in [0, 0.1) is 0 Å². The number of fused-ring (bicyclic) bond motifs is 2. The van der Waals surface area contributed by atoms with Gasteiger partial charge in [-0.15, -0.1) is 0 Å². The molecule has 4 heterocycles. The maximum atomic E-state index is 5.46. The van der Waals surface area contributed by atoms with E-state index in [0.29, 0.717) is 5.92 Å². The molecule has 0 bridgehead atoms. The van der Waals surface area contributed by atoms with Crippen LogP contribution in [0.25, 0.3) is 27.8 Å². The molecule has 1 aliphatic rings. The monoisotopic (exact) mass is 319 g/mol. The first kappa shape index (κ1) is 13.7. The van der Waals surface area contributed by atoms with E-state index >= 15 is 0 Å². The van der Waals surface area contributed by atoms with Gasteiger partial charge in [0.05, 0.1) is 29.3 Å². The molecule has 24 heavy (non-hydrogen) atoms. The Balaban J connectivity index is 1.62. The van der Waals surface area contributed by atoms with Gasteiger partial charge in [0, 0.05) is 30.1 Å². The highest BCUT2D eigenvalue weighted by atomic mass is 16.5. The van der Waals surface area contributed by atoms with Crippen LogP contribution in [0.1, 0.15) is 24.5 Å². The summed E-state index contributed by atoms with van der Waals surface area (Å²) in [5.74, 6) is 0.467. The molecular formula is C18H17N5O. The van der Waals surface area contributed by atoms with Crippen LogP contribution >= 0.6 is 0 Å². The van der Waals surface area contributed by atoms with E-state index in [1.54, 1.807) is 0 Å². The molecule has 1 aliphatic heterocycles. The number of nitrogens with zero attached hydrogens (tertiary/aromatic N) is 4. The quantitative estimate of drug-likeness (QED) is 0.616. The van der Waals surface area contributed by atoms with Crippen LogP contribution in [-0.4, -0.2) is 38.0 Å². The van der Waals surface area contributed by atoms with Crippen molar-refractivity contribution >= 4 is 16.6 Å². The van der Waals surface area contributed by atoms with Crippen LogP contribution in [0.3, 0.4) is 0 Å². The fourth-order valence-corrected chi connectivity index (χ4v) is 3.40. The van der Waals surface area contributed by atoms with Crippen molar-refractivity contribution in [3.8, 4) is 11.3 Å². The van der Waals surface area contributed by atoms with E-state index in [0.717, 1.165) is 59.6 Å². The summed E-state index contributed by atoms with van der Waals surface area (Å²) in [5.41, 5.74) is 5.11. The van der Waals surface area contributed by atoms with E-state index in [-0.39, 0.29) is 0 Å². The largest absolute Gasteiger partial charge is 0.381 e. The lowest BCUT2D eigenvalue weighted by atomic mass is 9.96. The minimum atomic E-state index is 0.467. The van der Waals surface area contributed by atoms with Crippen molar-refractivity contribution in [1.29, 1.82) is 0 Å². The number of imidazole rings is 1. The first-order chi connectivity index (χ1) is 11.9. The van der Waals surface area contributed by atoms with Crippen LogP contribution in [-0.2, 0) is 4.74 Å². The molecule has 0 amide bonds. The molecule has 4 aromatic rings. The minimum absolute atomic E-state index is 0.467. The van der Waals surface area contributed by atoms with Crippen molar-refractivity contribution in [3.63, 3.8) is 0 Å². The van der Waals surface area contributed by atoms with Gasteiger partial charge in [-0.1, -0.05) is 6.07 Å². The number of benzene rings is 1. The number of H-pyrrole nitrogens is 1. The second kappa shape index (κ2) is 5.42. The summed E-state index contributed by atoms with van der Waals surface area (Å²) >= 11 is 0. The zero-order chi connectivity index (χ0) is 15.9. The smallest absolute Gasteiger partial charge is 0.154 e. The van der Waals surface area contributed by atoms with Gasteiger partial charge in [-0.3, -0.25) is 5.10 Å². The summed E-state index contributed by atoms with van der Waals surface area (Å²) in [6.45, 7) is 1.64. The van der Waals surface area contributed by atoms with Gasteiger partial charge in [0.1, 0.15) is 0 Å². The zero-order valence-electron chi connectivity index (χ0n) is 13.1. The third-order valence-electron chi connectivity index (χ3n) is 4.76. The average Bonchev–Trinajstić information content (AvgIpc) is 3.27. The lowest BCUT2D eigenvalue weighted by Gasteiger charge is -2.21. The number of rotatable bonds is 2. The van der Waals surface area contributed by atoms with Crippen LogP contribution in [0.4, 0.5) is 0 Å². The molecule has 0 radical (unpaired) electrons. The molecule has 0 atom stereocenters. The predicted octanol–water partition coefficient (Wildman–Crippen LogP) is 3.17. The predicted molar refractivity (Wildman–Crippen MR) is 90.9 cm³/mol. The van der Waals surface area contributed by atoms with E-state index in [1.165, 1.54) is 0 Å². The van der Waals surface area contributed by atoms with E-state index < -0.39 is 0 Å². The third kappa shape index (κ3) is 2.18. The van der Waals surface area contributed by atoms with Crippen molar-refractivity contribution in [2.24, 2.45) is 0 Å². The molecule has 6 nitrogen and oxygen atoms in total. The standard InChI is InChI=1S/C18H17N5O/c1-2-15-14(10-20-21-15)9-13(1)17-11-19-18-4-3-16(22-23(17)18)12-5-7-24-8-6-12/h1-4,9-12H,5-8H2,(H,20,21). The van der Waals surface area contributed by atoms with Gasteiger partial charge in [-0.25, -0.2) is 9.50 Å². The fraction of sp³-hybridized carbons (Fsp3) is 0.278. The molecule has 1 saturated heterocycles. The molecule has 3 aromatic heterocycles. The molecule has 0 unspecified atom stereocenters. The van der Waals surface area contributed by atoms with Gasteiger partial charge in [0.15, 0.2) is 5.65 Å². The Bertz CT molecular complexity index is 1010. The molecule has 0 aliphatic carbocycles. The van der Waals surface area contributed by atoms with Crippen LogP contribution in [0.5, 0.6) is 0 Å². The molecule has 120 valence electrons. The van der Waals surface area contributed by atoms with Gasteiger partial charge in [-0.05, 0) is 37.1 Å². The normalized spacial score (nSPS) is 16.2. The lowest BCUT2D eigenvalue weighted by Crippen LogP contribution is -2.16. The van der Waals surface area contributed by atoms with Gasteiger partial charge in [0.2, 0.25) is 0 Å². The Labute approximate surface area is 138 Å². The summed E-state index contributed by atoms with van der Waals surface area (Å²) in [6, 6.07) is 10.4. The summed E-state index contributed by atoms with van der Waals surface area (Å²) < 4.78 is 7.41. The Morgan fingerprint density at radius 1 is 1.08 bits per heavy atom. The van der Waals surface area contributed by atoms with Crippen molar-refractivity contribution in [1.82, 2.24) is 24.8 Å². The Hall–Kier alpha value is -2.73. The van der Waals surface area contributed by atoms with E-state index in [2.05, 4.69) is 39.4 Å². The Morgan fingerprint density at radius 3 is 2.92 bits per heavy atom. The molecule has 0 spiro atoms. The number of nitrogens with one attached hydrogen (secondary N) is 1. The molecule has 1 fully saturated rings. The first-order valence-electron chi connectivity index (χ1n) is 8.24. The van der Waals surface area contributed by atoms with Crippen LogP contribution in [0.2, 0.25) is 0 Å². The topological polar surface area (TPSA) is 68.1 Å². The zero-order valence-corrected chi connectivity index (χ0v) is 13.1. The maximum Gasteiger partial charge on any atom is 0.154 e. The third-order valence-corrected chi connectivity index (χ3v) is 4.76. The van der Waals surface area contributed by atoms with E-state index in [4.69, 9.17) is 9.84 Å². The Morgan fingerprint density at radius 2 is 2.00 bits per heavy atom. The number of hydrogen-bond acceptors (Lipinski definition) is 4. The van der Waals surface area contributed by atoms with Crippen LogP contribution < -0.4 is 0 Å². The van der Waals surface area contributed by atoms with Crippen molar-refractivity contribution < 1.29 is 4.74 Å². The van der Waals surface area contributed by atoms with Crippen molar-refractivity contribution in [2.75, 3.05) is 13.2 Å². The first-order valence-corrected chi connectivity index (χ1v) is 8.24. The number of aromatic nitrogens is 5. The minimum Gasteiger partial charge on any atom is -0.381 e. The number of aromatic amines is 1. The van der Waals surface area contributed by atoms with E-state index in [9.17, 15) is 0 Å². The average molecular weight is 319 g/mol. The molecule has 1 N–H and O–H groups in total. The molecule has 1 aromatic carbocycles. The second-order valence-corrected chi connectivity index (χ2v) is 6.23. The number of ether oxygens (including phenoxy) is 1. The fourth-order valence-electron chi connectivity index (χ4n) is 3.40. The Kier molecular flexibility index (Phi) is 3.09.